The summed E-state index contributed by atoms with van der Waals surface area (Å²) < 4.78 is 0. The summed E-state index contributed by atoms with van der Waals surface area (Å²) in [4.78, 5) is 10.9. The Balaban J connectivity index is 1.93. The molecule has 108 valence electrons. The second kappa shape index (κ2) is 7.06. The second-order valence-electron chi connectivity index (χ2n) is 4.34. The largest absolute Gasteiger partial charge is 0.332 e. The average Bonchev–Trinajstić information content (AvgIpc) is 2.43. The standard InChI is InChI=1S/C15H14ClN3OS/c1-10(20)17-12-6-8-14(9-7-12)19-15(21)18-13-4-2-11(16)3-5-13/h2-9H,1H3,(H,17,20)(H2,18,19,21). The van der Waals surface area contributed by atoms with E-state index in [1.165, 1.54) is 6.92 Å². The number of hydrogen-bond acceptors (Lipinski definition) is 2. The quantitative estimate of drug-likeness (QED) is 0.745. The van der Waals surface area contributed by atoms with Gasteiger partial charge in [-0.25, -0.2) is 0 Å². The maximum Gasteiger partial charge on any atom is 0.221 e. The Hall–Kier alpha value is -2.11. The molecule has 6 heteroatoms. The van der Waals surface area contributed by atoms with E-state index >= 15 is 0 Å². The van der Waals surface area contributed by atoms with E-state index in [9.17, 15) is 4.79 Å². The third kappa shape index (κ3) is 5.06. The summed E-state index contributed by atoms with van der Waals surface area (Å²) in [6.07, 6.45) is 0. The molecule has 0 saturated carbocycles. The Morgan fingerprint density at radius 1 is 0.857 bits per heavy atom. The molecule has 1 amide bonds. The fourth-order valence-electron chi connectivity index (χ4n) is 1.67. The van der Waals surface area contributed by atoms with Crippen LogP contribution in [0.25, 0.3) is 0 Å². The van der Waals surface area contributed by atoms with Gasteiger partial charge in [0.1, 0.15) is 0 Å². The van der Waals surface area contributed by atoms with Crippen LogP contribution in [0.4, 0.5) is 17.1 Å². The van der Waals surface area contributed by atoms with E-state index in [-0.39, 0.29) is 5.91 Å². The third-order valence-electron chi connectivity index (χ3n) is 2.57. The molecule has 2 aromatic carbocycles. The zero-order valence-corrected chi connectivity index (χ0v) is 12.9. The van der Waals surface area contributed by atoms with Gasteiger partial charge in [-0.05, 0) is 60.7 Å². The summed E-state index contributed by atoms with van der Waals surface area (Å²) >= 11 is 11.1. The maximum atomic E-state index is 10.9. The van der Waals surface area contributed by atoms with Gasteiger partial charge in [0.2, 0.25) is 5.91 Å². The fourth-order valence-corrected chi connectivity index (χ4v) is 2.03. The molecule has 0 spiro atoms. The Morgan fingerprint density at radius 3 is 1.67 bits per heavy atom. The summed E-state index contributed by atoms with van der Waals surface area (Å²) in [5.41, 5.74) is 2.42. The van der Waals surface area contributed by atoms with Gasteiger partial charge in [0.25, 0.3) is 0 Å². The normalized spacial score (nSPS) is 9.81. The van der Waals surface area contributed by atoms with Crippen molar-refractivity contribution in [2.24, 2.45) is 0 Å². The first-order valence-corrected chi connectivity index (χ1v) is 7.03. The zero-order valence-electron chi connectivity index (χ0n) is 11.3. The molecule has 2 rings (SSSR count). The molecule has 2 aromatic rings. The number of halogens is 1. The van der Waals surface area contributed by atoms with Crippen molar-refractivity contribution in [1.29, 1.82) is 0 Å². The molecule has 0 fully saturated rings. The van der Waals surface area contributed by atoms with Crippen LogP contribution in [0.1, 0.15) is 6.92 Å². The van der Waals surface area contributed by atoms with E-state index < -0.39 is 0 Å². The lowest BCUT2D eigenvalue weighted by Gasteiger charge is -2.11. The first-order valence-electron chi connectivity index (χ1n) is 6.24. The summed E-state index contributed by atoms with van der Waals surface area (Å²) in [5, 5.41) is 9.97. The number of rotatable bonds is 3. The molecule has 0 heterocycles. The molecule has 0 saturated heterocycles. The van der Waals surface area contributed by atoms with Crippen LogP contribution in [0.3, 0.4) is 0 Å². The first kappa shape index (κ1) is 15.3. The van der Waals surface area contributed by atoms with Crippen LogP contribution >= 0.6 is 23.8 Å². The summed E-state index contributed by atoms with van der Waals surface area (Å²) in [7, 11) is 0. The number of thiocarbonyl (C=S) groups is 1. The van der Waals surface area contributed by atoms with E-state index in [0.29, 0.717) is 10.1 Å². The number of amides is 1. The van der Waals surface area contributed by atoms with Crippen LogP contribution in [0.2, 0.25) is 5.02 Å². The highest BCUT2D eigenvalue weighted by atomic mass is 35.5. The van der Waals surface area contributed by atoms with E-state index in [1.54, 1.807) is 24.3 Å². The van der Waals surface area contributed by atoms with Crippen molar-refractivity contribution in [1.82, 2.24) is 0 Å². The summed E-state index contributed by atoms with van der Waals surface area (Å²) in [5.74, 6) is -0.101. The molecule has 0 aliphatic heterocycles. The lowest BCUT2D eigenvalue weighted by atomic mass is 10.3. The van der Waals surface area contributed by atoms with Crippen molar-refractivity contribution in [3.8, 4) is 0 Å². The molecular weight excluding hydrogens is 306 g/mol. The average molecular weight is 320 g/mol. The van der Waals surface area contributed by atoms with Crippen LogP contribution < -0.4 is 16.0 Å². The van der Waals surface area contributed by atoms with Crippen LogP contribution in [-0.4, -0.2) is 11.0 Å². The molecule has 21 heavy (non-hydrogen) atoms. The fraction of sp³-hybridized carbons (Fsp3) is 0.0667. The zero-order chi connectivity index (χ0) is 15.2. The van der Waals surface area contributed by atoms with E-state index in [4.69, 9.17) is 23.8 Å². The Morgan fingerprint density at radius 2 is 1.24 bits per heavy atom. The Bertz CT molecular complexity index is 641. The van der Waals surface area contributed by atoms with Gasteiger partial charge in [-0.1, -0.05) is 11.6 Å². The van der Waals surface area contributed by atoms with Crippen LogP contribution in [0, 0.1) is 0 Å². The Labute approximate surface area is 133 Å². The second-order valence-corrected chi connectivity index (χ2v) is 5.19. The minimum atomic E-state index is -0.101. The SMILES string of the molecule is CC(=O)Nc1ccc(NC(=S)Nc2ccc(Cl)cc2)cc1. The first-order chi connectivity index (χ1) is 10.0. The topological polar surface area (TPSA) is 53.2 Å². The van der Waals surface area contributed by atoms with Gasteiger partial charge >= 0.3 is 0 Å². The van der Waals surface area contributed by atoms with Crippen molar-refractivity contribution in [2.75, 3.05) is 16.0 Å². The predicted octanol–water partition coefficient (Wildman–Crippen LogP) is 4.11. The van der Waals surface area contributed by atoms with Gasteiger partial charge in [-0.3, -0.25) is 4.79 Å². The summed E-state index contributed by atoms with van der Waals surface area (Å²) in [6, 6.07) is 14.5. The van der Waals surface area contributed by atoms with Crippen molar-refractivity contribution >= 4 is 51.9 Å². The highest BCUT2D eigenvalue weighted by molar-refractivity contribution is 7.80. The van der Waals surface area contributed by atoms with Crippen molar-refractivity contribution in [3.05, 3.63) is 53.6 Å². The highest BCUT2D eigenvalue weighted by Crippen LogP contribution is 2.16. The molecule has 0 aliphatic carbocycles. The molecular formula is C15H14ClN3OS. The lowest BCUT2D eigenvalue weighted by Crippen LogP contribution is -2.19. The minimum absolute atomic E-state index is 0.101. The van der Waals surface area contributed by atoms with E-state index in [2.05, 4.69) is 16.0 Å². The van der Waals surface area contributed by atoms with Crippen LogP contribution in [0.15, 0.2) is 48.5 Å². The molecule has 0 aromatic heterocycles. The molecule has 0 aliphatic rings. The molecule has 0 bridgehead atoms. The van der Waals surface area contributed by atoms with Crippen molar-refractivity contribution in [2.45, 2.75) is 6.92 Å². The highest BCUT2D eigenvalue weighted by Gasteiger charge is 2.00. The number of carbonyl (C=O) groups excluding carboxylic acids is 1. The van der Waals surface area contributed by atoms with Crippen molar-refractivity contribution in [3.63, 3.8) is 0 Å². The van der Waals surface area contributed by atoms with Gasteiger partial charge < -0.3 is 16.0 Å². The lowest BCUT2D eigenvalue weighted by molar-refractivity contribution is -0.114. The number of hydrogen-bond donors (Lipinski definition) is 3. The number of benzene rings is 2. The molecule has 4 nitrogen and oxygen atoms in total. The molecule has 0 radical (unpaired) electrons. The monoisotopic (exact) mass is 319 g/mol. The molecule has 3 N–H and O–H groups in total. The Kier molecular flexibility index (Phi) is 5.14. The number of carbonyl (C=O) groups is 1. The van der Waals surface area contributed by atoms with Crippen LogP contribution in [0.5, 0.6) is 0 Å². The van der Waals surface area contributed by atoms with E-state index in [0.717, 1.165) is 17.1 Å². The van der Waals surface area contributed by atoms with Crippen LogP contribution in [-0.2, 0) is 4.79 Å². The predicted molar refractivity (Wildman–Crippen MR) is 92.0 cm³/mol. The molecule has 0 unspecified atom stereocenters. The smallest absolute Gasteiger partial charge is 0.221 e. The van der Waals surface area contributed by atoms with Crippen molar-refractivity contribution < 1.29 is 4.79 Å². The van der Waals surface area contributed by atoms with Gasteiger partial charge in [0.15, 0.2) is 5.11 Å². The maximum absolute atomic E-state index is 10.9. The summed E-state index contributed by atoms with van der Waals surface area (Å²) in [6.45, 7) is 1.47. The minimum Gasteiger partial charge on any atom is -0.332 e. The van der Waals surface area contributed by atoms with Gasteiger partial charge in [-0.2, -0.15) is 0 Å². The van der Waals surface area contributed by atoms with Gasteiger partial charge in [-0.15, -0.1) is 0 Å². The molecule has 0 atom stereocenters. The van der Waals surface area contributed by atoms with Gasteiger partial charge in [0.05, 0.1) is 0 Å². The number of anilines is 3. The third-order valence-corrected chi connectivity index (χ3v) is 3.02. The van der Waals surface area contributed by atoms with E-state index in [1.807, 2.05) is 24.3 Å². The van der Waals surface area contributed by atoms with Gasteiger partial charge in [0, 0.05) is 29.0 Å². The number of nitrogens with one attached hydrogen (secondary N) is 3.